The minimum Gasteiger partial charge on any atom is -0.335 e. The van der Waals surface area contributed by atoms with Gasteiger partial charge in [0.15, 0.2) is 9.84 Å². The van der Waals surface area contributed by atoms with Crippen molar-refractivity contribution in [3.05, 3.63) is 29.8 Å². The number of hydrogen-bond donors (Lipinski definition) is 0. The number of amides is 1. The van der Waals surface area contributed by atoms with Gasteiger partial charge in [0.25, 0.3) is 0 Å². The van der Waals surface area contributed by atoms with E-state index in [0.717, 1.165) is 30.6 Å². The number of carbonyl (C=O) groups is 1. The van der Waals surface area contributed by atoms with Crippen molar-refractivity contribution >= 4 is 27.5 Å². The maximum Gasteiger partial charge on any atom is 0.233 e. The molecule has 144 valence electrons. The summed E-state index contributed by atoms with van der Waals surface area (Å²) in [5.41, 5.74) is 1.30. The van der Waals surface area contributed by atoms with Crippen LogP contribution in [0.1, 0.15) is 57.4 Å². The van der Waals surface area contributed by atoms with E-state index in [1.165, 1.54) is 5.56 Å². The van der Waals surface area contributed by atoms with Crippen LogP contribution in [0, 0.1) is 0 Å². The smallest absolute Gasteiger partial charge is 0.233 e. The Morgan fingerprint density at radius 2 is 1.77 bits per heavy atom. The van der Waals surface area contributed by atoms with Crippen molar-refractivity contribution in [3.8, 4) is 0 Å². The van der Waals surface area contributed by atoms with Crippen LogP contribution in [0.3, 0.4) is 0 Å². The summed E-state index contributed by atoms with van der Waals surface area (Å²) in [4.78, 5) is 16.0. The van der Waals surface area contributed by atoms with Crippen LogP contribution in [0.15, 0.2) is 29.2 Å². The molecule has 6 heteroatoms. The van der Waals surface area contributed by atoms with E-state index in [0.29, 0.717) is 18.1 Å². The molecule has 0 radical (unpaired) electrons. The van der Waals surface area contributed by atoms with Gasteiger partial charge in [-0.2, -0.15) is 0 Å². The quantitative estimate of drug-likeness (QED) is 0.686. The first-order valence-electron chi connectivity index (χ1n) is 9.60. The summed E-state index contributed by atoms with van der Waals surface area (Å²) in [5, 5.41) is 0. The van der Waals surface area contributed by atoms with Gasteiger partial charge in [-0.05, 0) is 42.9 Å². The van der Waals surface area contributed by atoms with Gasteiger partial charge in [0.1, 0.15) is 0 Å². The molecule has 1 aromatic carbocycles. The molecule has 1 saturated carbocycles. The molecule has 2 fully saturated rings. The summed E-state index contributed by atoms with van der Waals surface area (Å²) >= 11 is 1.55. The summed E-state index contributed by atoms with van der Waals surface area (Å²) in [7, 11) is -2.98. The number of thioether (sulfide) groups is 1. The highest BCUT2D eigenvalue weighted by Gasteiger charge is 2.38. The summed E-state index contributed by atoms with van der Waals surface area (Å²) < 4.78 is 23.8. The van der Waals surface area contributed by atoms with Gasteiger partial charge in [-0.3, -0.25) is 4.79 Å². The number of benzene rings is 1. The van der Waals surface area contributed by atoms with Crippen molar-refractivity contribution in [2.24, 2.45) is 0 Å². The zero-order valence-corrected chi connectivity index (χ0v) is 17.3. The third-order valence-electron chi connectivity index (χ3n) is 5.52. The van der Waals surface area contributed by atoms with Crippen molar-refractivity contribution in [2.45, 2.75) is 68.8 Å². The SMILES string of the molecule is CC(C)c1ccc(SCC(=O)N(C2CCCC2)C2CCS(=O)(=O)C2)cc1. The molecule has 1 heterocycles. The van der Waals surface area contributed by atoms with Crippen LogP contribution in [0.4, 0.5) is 0 Å². The van der Waals surface area contributed by atoms with E-state index < -0.39 is 9.84 Å². The summed E-state index contributed by atoms with van der Waals surface area (Å²) in [5.74, 6) is 1.34. The Bertz CT molecular complexity index is 722. The number of nitrogens with zero attached hydrogens (tertiary/aromatic N) is 1. The Morgan fingerprint density at radius 1 is 1.12 bits per heavy atom. The highest BCUT2D eigenvalue weighted by Crippen LogP contribution is 2.30. The van der Waals surface area contributed by atoms with Crippen LogP contribution in [0.5, 0.6) is 0 Å². The number of sulfone groups is 1. The lowest BCUT2D eigenvalue weighted by molar-refractivity contribution is -0.132. The van der Waals surface area contributed by atoms with Gasteiger partial charge in [0, 0.05) is 17.0 Å². The van der Waals surface area contributed by atoms with Crippen molar-refractivity contribution < 1.29 is 13.2 Å². The van der Waals surface area contributed by atoms with Crippen molar-refractivity contribution in [1.29, 1.82) is 0 Å². The second-order valence-electron chi connectivity index (χ2n) is 7.81. The maximum absolute atomic E-state index is 13.0. The van der Waals surface area contributed by atoms with Crippen LogP contribution in [-0.2, 0) is 14.6 Å². The summed E-state index contributed by atoms with van der Waals surface area (Å²) in [6.07, 6.45) is 4.89. The summed E-state index contributed by atoms with van der Waals surface area (Å²) in [6.45, 7) is 4.33. The lowest BCUT2D eigenvalue weighted by atomic mass is 10.0. The molecule has 2 aliphatic rings. The number of carbonyl (C=O) groups excluding carboxylic acids is 1. The fourth-order valence-corrected chi connectivity index (χ4v) is 6.53. The molecule has 0 bridgehead atoms. The molecule has 0 N–H and O–H groups in total. The molecule has 1 saturated heterocycles. The molecule has 1 aromatic rings. The Balaban J connectivity index is 1.65. The Hall–Kier alpha value is -1.01. The molecule has 1 aliphatic heterocycles. The van der Waals surface area contributed by atoms with Crippen molar-refractivity contribution in [2.75, 3.05) is 17.3 Å². The molecule has 0 aromatic heterocycles. The first-order chi connectivity index (χ1) is 12.4. The topological polar surface area (TPSA) is 54.5 Å². The van der Waals surface area contributed by atoms with Gasteiger partial charge in [-0.15, -0.1) is 11.8 Å². The molecule has 1 unspecified atom stereocenters. The van der Waals surface area contributed by atoms with E-state index in [2.05, 4.69) is 38.1 Å². The van der Waals surface area contributed by atoms with Crippen LogP contribution in [-0.4, -0.2) is 48.6 Å². The van der Waals surface area contributed by atoms with Gasteiger partial charge in [0.2, 0.25) is 5.91 Å². The highest BCUT2D eigenvalue weighted by molar-refractivity contribution is 8.00. The van der Waals surface area contributed by atoms with E-state index in [9.17, 15) is 13.2 Å². The molecule has 1 aliphatic carbocycles. The average Bonchev–Trinajstić information content (AvgIpc) is 3.24. The molecular formula is C20H29NO3S2. The van der Waals surface area contributed by atoms with Crippen LogP contribution >= 0.6 is 11.8 Å². The van der Waals surface area contributed by atoms with Crippen LogP contribution in [0.25, 0.3) is 0 Å². The van der Waals surface area contributed by atoms with E-state index in [1.54, 1.807) is 11.8 Å². The van der Waals surface area contributed by atoms with Crippen LogP contribution < -0.4 is 0 Å². The Kier molecular flexibility index (Phi) is 6.33. The van der Waals surface area contributed by atoms with E-state index >= 15 is 0 Å². The van der Waals surface area contributed by atoms with Gasteiger partial charge in [-0.1, -0.05) is 38.8 Å². The van der Waals surface area contributed by atoms with Gasteiger partial charge in [0.05, 0.1) is 17.3 Å². The average molecular weight is 396 g/mol. The molecule has 4 nitrogen and oxygen atoms in total. The third kappa shape index (κ3) is 4.83. The van der Waals surface area contributed by atoms with Crippen LogP contribution in [0.2, 0.25) is 0 Å². The minimum atomic E-state index is -2.98. The zero-order chi connectivity index (χ0) is 18.7. The maximum atomic E-state index is 13.0. The lowest BCUT2D eigenvalue weighted by Gasteiger charge is -2.34. The minimum absolute atomic E-state index is 0.0944. The molecule has 1 atom stereocenters. The van der Waals surface area contributed by atoms with Gasteiger partial charge >= 0.3 is 0 Å². The predicted octanol–water partition coefficient (Wildman–Crippen LogP) is 3.86. The van der Waals surface area contributed by atoms with Gasteiger partial charge < -0.3 is 4.90 Å². The summed E-state index contributed by atoms with van der Waals surface area (Å²) in [6, 6.07) is 8.50. The van der Waals surface area contributed by atoms with E-state index in [4.69, 9.17) is 0 Å². The van der Waals surface area contributed by atoms with Crippen molar-refractivity contribution in [3.63, 3.8) is 0 Å². The van der Waals surface area contributed by atoms with Crippen molar-refractivity contribution in [1.82, 2.24) is 4.90 Å². The molecule has 1 amide bonds. The first-order valence-corrected chi connectivity index (χ1v) is 12.4. The highest BCUT2D eigenvalue weighted by atomic mass is 32.2. The monoisotopic (exact) mass is 395 g/mol. The molecule has 3 rings (SSSR count). The lowest BCUT2D eigenvalue weighted by Crippen LogP contribution is -2.47. The zero-order valence-electron chi connectivity index (χ0n) is 15.7. The second kappa shape index (κ2) is 8.34. The number of hydrogen-bond acceptors (Lipinski definition) is 4. The largest absolute Gasteiger partial charge is 0.335 e. The molecular weight excluding hydrogens is 366 g/mol. The fraction of sp³-hybridized carbons (Fsp3) is 0.650. The number of rotatable bonds is 6. The molecule has 0 spiro atoms. The van der Waals surface area contributed by atoms with Gasteiger partial charge in [-0.25, -0.2) is 8.42 Å². The van der Waals surface area contributed by atoms with E-state index in [1.807, 2.05) is 4.90 Å². The third-order valence-corrected chi connectivity index (χ3v) is 8.26. The fourth-order valence-electron chi connectivity index (χ4n) is 4.05. The Morgan fingerprint density at radius 3 is 2.31 bits per heavy atom. The second-order valence-corrected chi connectivity index (χ2v) is 11.1. The molecule has 26 heavy (non-hydrogen) atoms. The van der Waals surface area contributed by atoms with E-state index in [-0.39, 0.29) is 29.5 Å². The normalized spacial score (nSPS) is 22.8. The first kappa shape index (κ1) is 19.7. The Labute approximate surface area is 161 Å². The predicted molar refractivity (Wildman–Crippen MR) is 107 cm³/mol. The standard InChI is InChI=1S/C20H29NO3S2/c1-15(2)16-7-9-19(10-8-16)25-13-20(22)21(17-5-3-4-6-17)18-11-12-26(23,24)14-18/h7-10,15,17-18H,3-6,11-14H2,1-2H3.